The molecule has 0 saturated carbocycles. The number of fused-ring (bicyclic) bond motifs is 1. The molecule has 15 heavy (non-hydrogen) atoms. The van der Waals surface area contributed by atoms with Crippen molar-refractivity contribution < 1.29 is 4.79 Å². The summed E-state index contributed by atoms with van der Waals surface area (Å²) in [6.07, 6.45) is 0. The molecule has 0 saturated heterocycles. The van der Waals surface area contributed by atoms with Crippen molar-refractivity contribution in [1.82, 2.24) is 10.2 Å². The lowest BCUT2D eigenvalue weighted by Crippen LogP contribution is -2.12. The van der Waals surface area contributed by atoms with Crippen molar-refractivity contribution in [2.75, 3.05) is 11.2 Å². The average molecular weight is 289 g/mol. The molecule has 78 valence electrons. The normalized spacial score (nSPS) is 10.5. The standard InChI is InChI=1S/C9H7BrClN3O/c10-9-6-2-1-5(12-8(15)4-11)3-7(6)13-14-9/h1-3H,4H2,(H,12,15)(H,13,14). The molecule has 4 nitrogen and oxygen atoms in total. The lowest BCUT2D eigenvalue weighted by Gasteiger charge is -2.01. The van der Waals surface area contributed by atoms with Gasteiger partial charge in [-0.15, -0.1) is 11.6 Å². The Labute approximate surface area is 99.1 Å². The first-order valence-corrected chi connectivity index (χ1v) is 5.53. The van der Waals surface area contributed by atoms with E-state index in [0.29, 0.717) is 5.69 Å². The second kappa shape index (κ2) is 4.20. The van der Waals surface area contributed by atoms with E-state index in [1.165, 1.54) is 0 Å². The Morgan fingerprint density at radius 1 is 1.60 bits per heavy atom. The molecule has 1 aromatic heterocycles. The number of hydrogen-bond acceptors (Lipinski definition) is 2. The molecule has 0 unspecified atom stereocenters. The third-order valence-electron chi connectivity index (χ3n) is 1.91. The molecule has 0 radical (unpaired) electrons. The van der Waals surface area contributed by atoms with Crippen molar-refractivity contribution in [3.8, 4) is 0 Å². The number of alkyl halides is 1. The summed E-state index contributed by atoms with van der Waals surface area (Å²) in [4.78, 5) is 11.0. The molecule has 1 aromatic carbocycles. The van der Waals surface area contributed by atoms with Crippen LogP contribution in [-0.2, 0) is 4.79 Å². The van der Waals surface area contributed by atoms with E-state index in [2.05, 4.69) is 31.4 Å². The van der Waals surface area contributed by atoms with Gasteiger partial charge in [0.1, 0.15) is 10.5 Å². The SMILES string of the molecule is O=C(CCl)Nc1ccc2c(Br)[nH]nc2c1. The van der Waals surface area contributed by atoms with Crippen molar-refractivity contribution >= 4 is 50.0 Å². The van der Waals surface area contributed by atoms with Gasteiger partial charge in [0.15, 0.2) is 0 Å². The number of rotatable bonds is 2. The predicted molar refractivity (Wildman–Crippen MR) is 63.1 cm³/mol. The van der Waals surface area contributed by atoms with Gasteiger partial charge in [0.2, 0.25) is 5.91 Å². The number of benzene rings is 1. The van der Waals surface area contributed by atoms with Crippen LogP contribution in [0.3, 0.4) is 0 Å². The summed E-state index contributed by atoms with van der Waals surface area (Å²) in [5, 5.41) is 10.5. The minimum atomic E-state index is -0.231. The number of aromatic amines is 1. The number of nitrogens with one attached hydrogen (secondary N) is 2. The van der Waals surface area contributed by atoms with E-state index in [0.717, 1.165) is 15.5 Å². The number of nitrogens with zero attached hydrogens (tertiary/aromatic N) is 1. The number of carbonyl (C=O) groups is 1. The monoisotopic (exact) mass is 287 g/mol. The lowest BCUT2D eigenvalue weighted by molar-refractivity contribution is -0.113. The molecule has 1 amide bonds. The van der Waals surface area contributed by atoms with Crippen LogP contribution in [0.1, 0.15) is 0 Å². The Balaban J connectivity index is 2.35. The van der Waals surface area contributed by atoms with Gasteiger partial charge in [0.05, 0.1) is 5.52 Å². The molecule has 0 aliphatic carbocycles. The molecule has 0 bridgehead atoms. The lowest BCUT2D eigenvalue weighted by atomic mass is 10.2. The van der Waals surface area contributed by atoms with E-state index in [1.807, 2.05) is 6.07 Å². The fourth-order valence-electron chi connectivity index (χ4n) is 1.25. The Morgan fingerprint density at radius 2 is 2.40 bits per heavy atom. The third kappa shape index (κ3) is 2.13. The molecule has 2 N–H and O–H groups in total. The second-order valence-corrected chi connectivity index (χ2v) is 4.01. The van der Waals surface area contributed by atoms with Crippen LogP contribution in [0, 0.1) is 0 Å². The number of halogens is 2. The summed E-state index contributed by atoms with van der Waals surface area (Å²) in [6.45, 7) is 0. The van der Waals surface area contributed by atoms with E-state index < -0.39 is 0 Å². The highest BCUT2D eigenvalue weighted by Gasteiger charge is 2.05. The average Bonchev–Trinajstić information content (AvgIpc) is 2.60. The quantitative estimate of drug-likeness (QED) is 0.834. The van der Waals surface area contributed by atoms with E-state index in [-0.39, 0.29) is 11.8 Å². The fourth-order valence-corrected chi connectivity index (χ4v) is 1.74. The van der Waals surface area contributed by atoms with Gasteiger partial charge >= 0.3 is 0 Å². The molecular weight excluding hydrogens is 281 g/mol. The summed E-state index contributed by atoms with van der Waals surface area (Å²) in [7, 11) is 0. The number of H-pyrrole nitrogens is 1. The van der Waals surface area contributed by atoms with E-state index in [9.17, 15) is 4.79 Å². The summed E-state index contributed by atoms with van der Waals surface area (Å²) in [6, 6.07) is 5.45. The summed E-state index contributed by atoms with van der Waals surface area (Å²) >= 11 is 8.71. The van der Waals surface area contributed by atoms with Crippen LogP contribution >= 0.6 is 27.5 Å². The molecule has 0 fully saturated rings. The van der Waals surface area contributed by atoms with E-state index >= 15 is 0 Å². The molecule has 1 heterocycles. The number of carbonyl (C=O) groups excluding carboxylic acids is 1. The van der Waals surface area contributed by atoms with Gasteiger partial charge in [0.25, 0.3) is 0 Å². The predicted octanol–water partition coefficient (Wildman–Crippen LogP) is 2.50. The molecule has 0 spiro atoms. The molecule has 2 aromatic rings. The smallest absolute Gasteiger partial charge is 0.239 e. The van der Waals surface area contributed by atoms with Gasteiger partial charge in [0, 0.05) is 11.1 Å². The second-order valence-electron chi connectivity index (χ2n) is 2.95. The fraction of sp³-hybridized carbons (Fsp3) is 0.111. The number of aromatic nitrogens is 2. The Hall–Kier alpha value is -1.07. The molecule has 0 atom stereocenters. The van der Waals surface area contributed by atoms with E-state index in [1.54, 1.807) is 12.1 Å². The van der Waals surface area contributed by atoms with Gasteiger partial charge in [-0.05, 0) is 34.1 Å². The Kier molecular flexibility index (Phi) is 2.93. The topological polar surface area (TPSA) is 57.8 Å². The molecule has 2 rings (SSSR count). The van der Waals surface area contributed by atoms with Crippen molar-refractivity contribution in [1.29, 1.82) is 0 Å². The van der Waals surface area contributed by atoms with Crippen LogP contribution in [0.25, 0.3) is 10.9 Å². The number of hydrogen-bond donors (Lipinski definition) is 2. The van der Waals surface area contributed by atoms with Crippen LogP contribution in [-0.4, -0.2) is 22.0 Å². The van der Waals surface area contributed by atoms with Crippen LogP contribution in [0.4, 0.5) is 5.69 Å². The maximum atomic E-state index is 11.0. The first-order chi connectivity index (χ1) is 7.20. The number of amides is 1. The minimum absolute atomic E-state index is 0.0533. The van der Waals surface area contributed by atoms with Gasteiger partial charge in [-0.1, -0.05) is 0 Å². The zero-order valence-electron chi connectivity index (χ0n) is 7.55. The summed E-state index contributed by atoms with van der Waals surface area (Å²) < 4.78 is 0.827. The van der Waals surface area contributed by atoms with Crippen molar-refractivity contribution in [2.45, 2.75) is 0 Å². The molecule has 0 aliphatic rings. The largest absolute Gasteiger partial charge is 0.325 e. The van der Waals surface area contributed by atoms with Crippen molar-refractivity contribution in [3.63, 3.8) is 0 Å². The Morgan fingerprint density at radius 3 is 3.13 bits per heavy atom. The summed E-state index contributed by atoms with van der Waals surface area (Å²) in [5.41, 5.74) is 1.47. The van der Waals surface area contributed by atoms with Gasteiger partial charge in [-0.25, -0.2) is 0 Å². The van der Waals surface area contributed by atoms with Crippen LogP contribution in [0.2, 0.25) is 0 Å². The first kappa shape index (κ1) is 10.4. The highest BCUT2D eigenvalue weighted by molar-refractivity contribution is 9.10. The maximum absolute atomic E-state index is 11.0. The highest BCUT2D eigenvalue weighted by atomic mass is 79.9. The van der Waals surface area contributed by atoms with E-state index in [4.69, 9.17) is 11.6 Å². The molecule has 0 aliphatic heterocycles. The zero-order chi connectivity index (χ0) is 10.8. The van der Waals surface area contributed by atoms with Gasteiger partial charge < -0.3 is 5.32 Å². The zero-order valence-corrected chi connectivity index (χ0v) is 9.89. The van der Waals surface area contributed by atoms with Gasteiger partial charge in [-0.2, -0.15) is 5.10 Å². The van der Waals surface area contributed by atoms with Crippen LogP contribution in [0.5, 0.6) is 0 Å². The number of anilines is 1. The molecular formula is C9H7BrClN3O. The molecule has 6 heteroatoms. The third-order valence-corrected chi connectivity index (χ3v) is 2.76. The van der Waals surface area contributed by atoms with Crippen LogP contribution < -0.4 is 5.32 Å². The minimum Gasteiger partial charge on any atom is -0.325 e. The summed E-state index contributed by atoms with van der Waals surface area (Å²) in [5.74, 6) is -0.284. The maximum Gasteiger partial charge on any atom is 0.239 e. The van der Waals surface area contributed by atoms with Crippen LogP contribution in [0.15, 0.2) is 22.8 Å². The van der Waals surface area contributed by atoms with Crippen molar-refractivity contribution in [2.24, 2.45) is 0 Å². The van der Waals surface area contributed by atoms with Crippen molar-refractivity contribution in [3.05, 3.63) is 22.8 Å². The Bertz CT molecular complexity index is 511. The van der Waals surface area contributed by atoms with Gasteiger partial charge in [-0.3, -0.25) is 9.89 Å². The highest BCUT2D eigenvalue weighted by Crippen LogP contribution is 2.23. The first-order valence-electron chi connectivity index (χ1n) is 4.20.